The van der Waals surface area contributed by atoms with Crippen molar-refractivity contribution in [3.8, 4) is 0 Å². The number of nitrogens with zero attached hydrogens (tertiary/aromatic N) is 26. The first-order chi connectivity index (χ1) is 15.8. The van der Waals surface area contributed by atoms with Crippen molar-refractivity contribution in [3.63, 3.8) is 0 Å². The van der Waals surface area contributed by atoms with Gasteiger partial charge in [0.05, 0.1) is 0 Å². The highest BCUT2D eigenvalue weighted by atomic mass is 16.7. The van der Waals surface area contributed by atoms with Crippen LogP contribution in [0.3, 0.4) is 0 Å². The highest BCUT2D eigenvalue weighted by molar-refractivity contribution is 4.11. The van der Waals surface area contributed by atoms with E-state index < -0.39 is 0 Å². The zero-order valence-electron chi connectivity index (χ0n) is 31.6. The first-order valence-electron chi connectivity index (χ1n) is 3.50. The van der Waals surface area contributed by atoms with E-state index in [0.29, 0.717) is 0 Å². The summed E-state index contributed by atoms with van der Waals surface area (Å²) in [7, 11) is 0. The van der Waals surface area contributed by atoms with E-state index in [1.54, 1.807) is 21.1 Å². The molecule has 414 valence electrons. The molecule has 0 aliphatic rings. The summed E-state index contributed by atoms with van der Waals surface area (Å²) in [6.07, 6.45) is 0. The lowest BCUT2D eigenvalue weighted by Crippen LogP contribution is -1.22. The Kier molecular flexibility index (Phi) is 146000. The third-order valence-electron chi connectivity index (χ3n) is 0.0667. The molecule has 0 aliphatic heterocycles. The topological polar surface area (TPSA) is 1660 Å². The fourth-order valence-corrected chi connectivity index (χ4v) is 0. The fourth-order valence-electron chi connectivity index (χ4n) is 0. The predicted octanol–water partition coefficient (Wildman–Crippen LogP) is -11.0. The number of rotatable bonds is 2. The molecule has 0 saturated carbocycles. The zero-order valence-corrected chi connectivity index (χ0v) is 31.6. The number of hydrogen-bond acceptors (Lipinski definition) is 40. The van der Waals surface area contributed by atoms with Gasteiger partial charge in [-0.25, -0.2) is 0 Å². The highest BCUT2D eigenvalue weighted by Crippen LogP contribution is 1.52. The van der Waals surface area contributed by atoms with Crippen molar-refractivity contribution < 1.29 is 98.6 Å². The maximum absolute atomic E-state index is 8.44. The molecule has 0 atom stereocenters. The van der Waals surface area contributed by atoms with Crippen LogP contribution in [-0.2, 0) is 0 Å². The van der Waals surface area contributed by atoms with Gasteiger partial charge >= 0.3 is 0 Å². The van der Waals surface area contributed by atoms with E-state index in [4.69, 9.17) is 148 Å². The maximum Gasteiger partial charge on any atom is 0.120 e. The van der Waals surface area contributed by atoms with Gasteiger partial charge in [0.1, 0.15) is 21.1 Å². The molecule has 0 unspecified atom stereocenters. The quantitative estimate of drug-likeness (QED) is 0.0694. The smallest absolute Gasteiger partial charge is 0.120 e. The Morgan fingerprint density at radius 3 is 0.175 bits per heavy atom. The van der Waals surface area contributed by atoms with Crippen LogP contribution < -0.4 is 73.8 Å². The van der Waals surface area contributed by atoms with Gasteiger partial charge in [-0.05, 0) is 0 Å². The number of nitroso groups, excluding NO2 is 4. The highest BCUT2D eigenvalue weighted by Gasteiger charge is 1.45. The Balaban J connectivity index is -0.00000000125. The molecule has 0 aromatic rings. The van der Waals surface area contributed by atoms with Crippen LogP contribution in [0, 0.1) is 148 Å². The van der Waals surface area contributed by atoms with E-state index in [1.165, 1.54) is 0 Å². The average Bonchev–Trinajstić information content (AvgIpc) is 3.01. The molecule has 0 rings (SSSR count). The third kappa shape index (κ3) is 2320. The lowest BCUT2D eigenvalue weighted by Gasteiger charge is -1.30. The second-order valence-corrected chi connectivity index (χ2v) is 0.327. The molecule has 0 radical (unpaired) electrons. The lowest BCUT2D eigenvalue weighted by atomic mass is 12.0. The van der Waals surface area contributed by atoms with Crippen LogP contribution in [0.25, 0.3) is 0 Å². The Labute approximate surface area is 350 Å². The minimum absolute atomic E-state index is 0. The molecule has 72 N–H and O–H groups in total. The van der Waals surface area contributed by atoms with Gasteiger partial charge in [-0.3, -0.25) is 0 Å². The summed E-state index contributed by atoms with van der Waals surface area (Å²) in [6, 6.07) is 0. The second-order valence-electron chi connectivity index (χ2n) is 0.327. The summed E-state index contributed by atoms with van der Waals surface area (Å²) >= 11 is 0. The summed E-state index contributed by atoms with van der Waals surface area (Å²) in [6.45, 7) is 0. The van der Waals surface area contributed by atoms with Crippen LogP contribution in [-0.4, -0.2) is 98.6 Å². The summed E-state index contributed by atoms with van der Waals surface area (Å²) in [5.41, 5.74) is 0. The molecule has 0 heterocycles. The third-order valence-corrected chi connectivity index (χ3v) is 0.0667. The Morgan fingerprint density at radius 1 is 0.159 bits per heavy atom. The minimum atomic E-state index is 0. The van der Waals surface area contributed by atoms with Gasteiger partial charge < -0.3 is 172 Å². The normalized spacial score (nSPS) is 1.05. The van der Waals surface area contributed by atoms with E-state index in [1.807, 2.05) is 0 Å². The molecule has 0 aliphatic carbocycles. The van der Waals surface area contributed by atoms with Gasteiger partial charge in [-0.15, -0.1) is 19.6 Å². The first kappa shape index (κ1) is 2070. The second kappa shape index (κ2) is 4450. The molecule has 0 fully saturated rings. The van der Waals surface area contributed by atoms with E-state index in [2.05, 4.69) is 0 Å². The monoisotopic (exact) mass is 1000 g/mol. The molecule has 0 bridgehead atoms. The lowest BCUT2D eigenvalue weighted by molar-refractivity contribution is 0.823. The summed E-state index contributed by atoms with van der Waals surface area (Å²) in [4.78, 5) is 47.8. The molecular weight excluding hydrogens is 928 g/mol. The van der Waals surface area contributed by atoms with E-state index in [-0.39, 0.29) is 180 Å². The van der Waals surface area contributed by atoms with Crippen LogP contribution in [0.4, 0.5) is 0 Å². The van der Waals surface area contributed by atoms with Gasteiger partial charge in [-0.2, -0.15) is 0 Å². The van der Waals surface area contributed by atoms with Crippen LogP contribution in [0.15, 0.2) is 21.1 Å². The Morgan fingerprint density at radius 2 is 0.175 bits per heavy atom. The number of hydrogen-bond donors (Lipinski definition) is 12. The average molecular weight is 1000 g/mol. The van der Waals surface area contributed by atoms with Crippen molar-refractivity contribution in [3.05, 3.63) is 29.6 Å². The van der Waals surface area contributed by atoms with Crippen LogP contribution in [0.1, 0.15) is 7.43 Å². The first-order valence-corrected chi connectivity index (χ1v) is 3.50. The summed E-state index contributed by atoms with van der Waals surface area (Å²) in [5, 5.41) is 138. The van der Waals surface area contributed by atoms with Gasteiger partial charge in [0, 0.05) is 129 Å². The maximum atomic E-state index is 8.44. The fraction of sp³-hybridized carbons (Fsp3) is 1.00. The van der Waals surface area contributed by atoms with Gasteiger partial charge in [-0.1, -0.05) is 7.43 Å². The molecule has 0 aromatic heterocycles. The van der Waals surface area contributed by atoms with Crippen molar-refractivity contribution in [2.45, 2.75) is 7.43 Å². The molecule has 0 aromatic carbocycles. The molecule has 62 heteroatoms. The largest absolute Gasteiger partial charge is 0.412 e. The van der Waals surface area contributed by atoms with Crippen molar-refractivity contribution in [1.29, 1.82) is 119 Å². The van der Waals surface area contributed by atoms with Gasteiger partial charge in [0.2, 0.25) is 0 Å². The van der Waals surface area contributed by atoms with E-state index in [0.717, 1.165) is 0 Å². The van der Waals surface area contributed by atoms with Crippen LogP contribution in [0.5, 0.6) is 0 Å². The van der Waals surface area contributed by atoms with E-state index in [9.17, 15) is 0 Å². The summed E-state index contributed by atoms with van der Waals surface area (Å²) < 4.78 is 0. The molecule has 62 nitrogen and oxygen atoms in total. The van der Waals surface area contributed by atoms with E-state index >= 15 is 0 Å². The minimum Gasteiger partial charge on any atom is -0.412 e. The molecule has 0 spiro atoms. The molecule has 0 saturated heterocycles. The van der Waals surface area contributed by atoms with Crippen LogP contribution >= 0.6 is 0 Å². The molecular formula is CH76N38O24. The summed E-state index contributed by atoms with van der Waals surface area (Å²) in [5.74, 6) is 0. The van der Waals surface area contributed by atoms with Crippen molar-refractivity contribution >= 4 is 0 Å². The van der Waals surface area contributed by atoms with Crippen LogP contribution in [0.2, 0.25) is 0 Å². The van der Waals surface area contributed by atoms with Gasteiger partial charge in [0.25, 0.3) is 0 Å². The van der Waals surface area contributed by atoms with Crippen molar-refractivity contribution in [1.82, 2.24) is 73.8 Å². The molecule has 63 heavy (non-hydrogen) atoms. The predicted molar refractivity (Wildman–Crippen MR) is 200 cm³/mol. The SMILES string of the molecule is C.N.N.N.N.N.N.N.N.N.N.N.N.N#N.N#N.N#N.N#N.N#N.N#N.N#N.N#N.N#N.N#N.N#N.O.O.O.O.O.O.O.O.O.O.O.O.O.O.O.O.O.O.O=NN=O.O=NN=O.O=O. The Hall–Kier alpha value is -9.58. The standard InChI is InChI=1S/CH4.2N2O2.11N2.12H3N.O2.18H2O/c;2*3-1-2-4;11*1-2;;;;;;;;;;;;;1-2;;;;;;;;;;;;;;;;;;/h1H4;;;;;;;;;;;;;;12*1H3;;18*1H2. The molecule has 0 amide bonds. The van der Waals surface area contributed by atoms with Crippen molar-refractivity contribution in [2.24, 2.45) is 21.1 Å². The van der Waals surface area contributed by atoms with Crippen molar-refractivity contribution in [2.75, 3.05) is 0 Å². The van der Waals surface area contributed by atoms with Gasteiger partial charge in [0.15, 0.2) is 0 Å². The zero-order chi connectivity index (χ0) is 30.8. The Bertz CT molecular complexity index is 377.